The maximum Gasteiger partial charge on any atom is 0.0632 e. The number of nitrogens with zero attached hydrogens (tertiary/aromatic N) is 1. The van der Waals surface area contributed by atoms with Crippen molar-refractivity contribution in [3.05, 3.63) is 28.8 Å². The molecular weight excluding hydrogens is 236 g/mol. The van der Waals surface area contributed by atoms with E-state index < -0.39 is 0 Å². The molecule has 3 nitrogen and oxygen atoms in total. The summed E-state index contributed by atoms with van der Waals surface area (Å²) in [6, 6.07) is 5.95. The number of aliphatic hydroxyl groups is 1. The zero-order valence-corrected chi connectivity index (χ0v) is 11.5. The number of hydrogen-bond donors (Lipinski definition) is 2. The van der Waals surface area contributed by atoms with Crippen LogP contribution >= 0.6 is 11.6 Å². The Morgan fingerprint density at radius 2 is 2.18 bits per heavy atom. The molecule has 2 N–H and O–H groups in total. The quantitative estimate of drug-likeness (QED) is 0.820. The maximum atomic E-state index is 9.21. The van der Waals surface area contributed by atoms with Gasteiger partial charge in [-0.15, -0.1) is 0 Å². The standard InChI is InChI=1S/C13H21ClN2O/c1-4-15-8-11-5-6-12(14)7-13(11)16(3)10(2)9-17/h5-7,10,15,17H,4,8-9H2,1-3H3. The van der Waals surface area contributed by atoms with Crippen LogP contribution in [0.1, 0.15) is 19.4 Å². The number of rotatable bonds is 6. The molecule has 0 spiro atoms. The summed E-state index contributed by atoms with van der Waals surface area (Å²) in [6.07, 6.45) is 0. The van der Waals surface area contributed by atoms with Crippen LogP contribution < -0.4 is 10.2 Å². The third kappa shape index (κ3) is 3.87. The molecule has 96 valence electrons. The van der Waals surface area contributed by atoms with Crippen molar-refractivity contribution < 1.29 is 5.11 Å². The lowest BCUT2D eigenvalue weighted by Gasteiger charge is -2.28. The van der Waals surface area contributed by atoms with Gasteiger partial charge in [-0.05, 0) is 31.2 Å². The predicted octanol–water partition coefficient (Wildman–Crippen LogP) is 2.27. The first-order chi connectivity index (χ1) is 8.10. The van der Waals surface area contributed by atoms with Gasteiger partial charge in [0.2, 0.25) is 0 Å². The molecule has 0 saturated carbocycles. The summed E-state index contributed by atoms with van der Waals surface area (Å²) in [4.78, 5) is 2.05. The Hall–Kier alpha value is -0.770. The summed E-state index contributed by atoms with van der Waals surface area (Å²) in [7, 11) is 1.97. The molecule has 0 aromatic heterocycles. The number of aliphatic hydroxyl groups excluding tert-OH is 1. The van der Waals surface area contributed by atoms with Gasteiger partial charge in [-0.1, -0.05) is 24.6 Å². The second-order valence-electron chi connectivity index (χ2n) is 4.20. The number of anilines is 1. The van der Waals surface area contributed by atoms with Crippen molar-refractivity contribution in [3.8, 4) is 0 Å². The first-order valence-corrected chi connectivity index (χ1v) is 6.30. The van der Waals surface area contributed by atoms with E-state index in [1.807, 2.05) is 32.2 Å². The van der Waals surface area contributed by atoms with Gasteiger partial charge < -0.3 is 15.3 Å². The average Bonchev–Trinajstić information content (AvgIpc) is 2.35. The summed E-state index contributed by atoms with van der Waals surface area (Å²) < 4.78 is 0. The highest BCUT2D eigenvalue weighted by molar-refractivity contribution is 6.30. The molecule has 0 bridgehead atoms. The third-order valence-corrected chi connectivity index (χ3v) is 3.15. The number of nitrogens with one attached hydrogen (secondary N) is 1. The molecule has 0 aliphatic rings. The van der Waals surface area contributed by atoms with Crippen molar-refractivity contribution in [1.29, 1.82) is 0 Å². The van der Waals surface area contributed by atoms with Gasteiger partial charge >= 0.3 is 0 Å². The molecule has 0 amide bonds. The lowest BCUT2D eigenvalue weighted by Crippen LogP contribution is -2.33. The van der Waals surface area contributed by atoms with E-state index in [1.54, 1.807) is 0 Å². The lowest BCUT2D eigenvalue weighted by molar-refractivity contribution is 0.270. The molecule has 0 aliphatic carbocycles. The Morgan fingerprint density at radius 3 is 2.76 bits per heavy atom. The van der Waals surface area contributed by atoms with E-state index in [2.05, 4.69) is 17.1 Å². The van der Waals surface area contributed by atoms with E-state index in [0.717, 1.165) is 23.8 Å². The Kier molecular flexibility index (Phi) is 5.75. The Morgan fingerprint density at radius 1 is 1.47 bits per heavy atom. The highest BCUT2D eigenvalue weighted by Crippen LogP contribution is 2.25. The van der Waals surface area contributed by atoms with E-state index in [9.17, 15) is 5.11 Å². The molecule has 0 heterocycles. The highest BCUT2D eigenvalue weighted by atomic mass is 35.5. The van der Waals surface area contributed by atoms with E-state index in [0.29, 0.717) is 0 Å². The zero-order valence-electron chi connectivity index (χ0n) is 10.7. The number of benzene rings is 1. The molecule has 0 saturated heterocycles. The minimum absolute atomic E-state index is 0.0776. The number of likely N-dealkylation sites (N-methyl/N-ethyl adjacent to an activating group) is 1. The van der Waals surface area contributed by atoms with Crippen LogP contribution in [-0.2, 0) is 6.54 Å². The molecule has 17 heavy (non-hydrogen) atoms. The fourth-order valence-electron chi connectivity index (χ4n) is 1.63. The minimum atomic E-state index is 0.0776. The van der Waals surface area contributed by atoms with Crippen LogP contribution in [0.25, 0.3) is 0 Å². The SMILES string of the molecule is CCNCc1ccc(Cl)cc1N(C)C(C)CO. The molecular formula is C13H21ClN2O. The van der Waals surface area contributed by atoms with Crippen molar-refractivity contribution in [1.82, 2.24) is 5.32 Å². The monoisotopic (exact) mass is 256 g/mol. The van der Waals surface area contributed by atoms with Gasteiger partial charge in [0.05, 0.1) is 6.61 Å². The van der Waals surface area contributed by atoms with Crippen LogP contribution in [0.5, 0.6) is 0 Å². The van der Waals surface area contributed by atoms with Crippen LogP contribution in [0, 0.1) is 0 Å². The Balaban J connectivity index is 2.97. The van der Waals surface area contributed by atoms with Gasteiger partial charge in [-0.2, -0.15) is 0 Å². The van der Waals surface area contributed by atoms with Gasteiger partial charge in [0.15, 0.2) is 0 Å². The first-order valence-electron chi connectivity index (χ1n) is 5.93. The van der Waals surface area contributed by atoms with Crippen molar-refractivity contribution in [2.75, 3.05) is 25.1 Å². The number of halogens is 1. The summed E-state index contributed by atoms with van der Waals surface area (Å²) >= 11 is 6.03. The van der Waals surface area contributed by atoms with Crippen molar-refractivity contribution in [2.24, 2.45) is 0 Å². The van der Waals surface area contributed by atoms with Gasteiger partial charge in [0.1, 0.15) is 0 Å². The van der Waals surface area contributed by atoms with Gasteiger partial charge in [-0.3, -0.25) is 0 Å². The van der Waals surface area contributed by atoms with E-state index in [1.165, 1.54) is 5.56 Å². The fraction of sp³-hybridized carbons (Fsp3) is 0.538. The molecule has 1 aromatic rings. The zero-order chi connectivity index (χ0) is 12.8. The van der Waals surface area contributed by atoms with Crippen molar-refractivity contribution >= 4 is 17.3 Å². The molecule has 1 rings (SSSR count). The van der Waals surface area contributed by atoms with Crippen molar-refractivity contribution in [3.63, 3.8) is 0 Å². The fourth-order valence-corrected chi connectivity index (χ4v) is 1.80. The largest absolute Gasteiger partial charge is 0.394 e. The molecule has 0 radical (unpaired) electrons. The second-order valence-corrected chi connectivity index (χ2v) is 4.63. The summed E-state index contributed by atoms with van der Waals surface area (Å²) in [6.45, 7) is 5.93. The average molecular weight is 257 g/mol. The van der Waals surface area contributed by atoms with Gasteiger partial charge in [0, 0.05) is 30.3 Å². The second kappa shape index (κ2) is 6.84. The Bertz CT molecular complexity index is 357. The highest BCUT2D eigenvalue weighted by Gasteiger charge is 2.13. The minimum Gasteiger partial charge on any atom is -0.394 e. The lowest BCUT2D eigenvalue weighted by atomic mass is 10.1. The normalized spacial score (nSPS) is 12.5. The van der Waals surface area contributed by atoms with Crippen LogP contribution in [-0.4, -0.2) is 31.3 Å². The van der Waals surface area contributed by atoms with Crippen molar-refractivity contribution in [2.45, 2.75) is 26.4 Å². The molecule has 4 heteroatoms. The smallest absolute Gasteiger partial charge is 0.0632 e. The molecule has 0 fully saturated rings. The van der Waals surface area contributed by atoms with Gasteiger partial charge in [0.25, 0.3) is 0 Å². The topological polar surface area (TPSA) is 35.5 Å². The van der Waals surface area contributed by atoms with Crippen LogP contribution in [0.3, 0.4) is 0 Å². The summed E-state index contributed by atoms with van der Waals surface area (Å²) in [5.74, 6) is 0. The van der Waals surface area contributed by atoms with E-state index >= 15 is 0 Å². The third-order valence-electron chi connectivity index (χ3n) is 2.92. The summed E-state index contributed by atoms with van der Waals surface area (Å²) in [5.41, 5.74) is 2.26. The molecule has 1 atom stereocenters. The molecule has 1 unspecified atom stereocenters. The molecule has 0 aliphatic heterocycles. The maximum absolute atomic E-state index is 9.21. The van der Waals surface area contributed by atoms with Gasteiger partial charge in [-0.25, -0.2) is 0 Å². The van der Waals surface area contributed by atoms with Crippen LogP contribution in [0.2, 0.25) is 5.02 Å². The van der Waals surface area contributed by atoms with Crippen LogP contribution in [0.15, 0.2) is 18.2 Å². The number of hydrogen-bond acceptors (Lipinski definition) is 3. The predicted molar refractivity (Wildman–Crippen MR) is 73.8 cm³/mol. The molecule has 1 aromatic carbocycles. The van der Waals surface area contributed by atoms with Crippen LogP contribution in [0.4, 0.5) is 5.69 Å². The van der Waals surface area contributed by atoms with E-state index in [4.69, 9.17) is 11.6 Å². The summed E-state index contributed by atoms with van der Waals surface area (Å²) in [5, 5.41) is 13.2. The first kappa shape index (κ1) is 14.3. The Labute approximate surface area is 108 Å². The van der Waals surface area contributed by atoms with E-state index in [-0.39, 0.29) is 12.6 Å².